The zero-order valence-electron chi connectivity index (χ0n) is 6.74. The van der Waals surface area contributed by atoms with E-state index >= 15 is 0 Å². The number of carbonyl (C=O) groups is 2. The maximum Gasteiger partial charge on any atom is 0.322 e. The SMILES string of the molecule is CSCC(N)C(=O)NCC(=O)O. The van der Waals surface area contributed by atoms with Gasteiger partial charge in [-0.2, -0.15) is 11.8 Å². The summed E-state index contributed by atoms with van der Waals surface area (Å²) in [6.07, 6.45) is 1.82. The summed E-state index contributed by atoms with van der Waals surface area (Å²) in [6, 6.07) is -0.626. The number of carboxylic acid groups (broad SMARTS) is 1. The van der Waals surface area contributed by atoms with Crippen molar-refractivity contribution in [2.45, 2.75) is 6.04 Å². The molecule has 70 valence electrons. The van der Waals surface area contributed by atoms with E-state index < -0.39 is 17.9 Å². The van der Waals surface area contributed by atoms with E-state index in [0.717, 1.165) is 0 Å². The zero-order chi connectivity index (χ0) is 9.56. The van der Waals surface area contributed by atoms with Crippen LogP contribution >= 0.6 is 11.8 Å². The Morgan fingerprint density at radius 1 is 1.67 bits per heavy atom. The van der Waals surface area contributed by atoms with Gasteiger partial charge in [0, 0.05) is 5.75 Å². The largest absolute Gasteiger partial charge is 0.480 e. The Morgan fingerprint density at radius 3 is 2.67 bits per heavy atom. The first-order valence-electron chi connectivity index (χ1n) is 3.32. The Labute approximate surface area is 74.7 Å². The van der Waals surface area contributed by atoms with E-state index in [0.29, 0.717) is 5.75 Å². The Morgan fingerprint density at radius 2 is 2.25 bits per heavy atom. The highest BCUT2D eigenvalue weighted by molar-refractivity contribution is 7.98. The van der Waals surface area contributed by atoms with Crippen LogP contribution in [0.5, 0.6) is 0 Å². The van der Waals surface area contributed by atoms with Gasteiger partial charge in [0.25, 0.3) is 0 Å². The summed E-state index contributed by atoms with van der Waals surface area (Å²) in [4.78, 5) is 20.9. The summed E-state index contributed by atoms with van der Waals surface area (Å²) in [5.41, 5.74) is 5.39. The van der Waals surface area contributed by atoms with E-state index in [4.69, 9.17) is 10.8 Å². The molecule has 0 spiro atoms. The van der Waals surface area contributed by atoms with Crippen LogP contribution in [-0.2, 0) is 9.59 Å². The molecule has 4 N–H and O–H groups in total. The standard InChI is InChI=1S/C6H12N2O3S/c1-12-3-4(7)6(11)8-2-5(9)10/h4H,2-3,7H2,1H3,(H,8,11)(H,9,10). The van der Waals surface area contributed by atoms with Crippen molar-refractivity contribution in [3.8, 4) is 0 Å². The predicted molar refractivity (Wildman–Crippen MR) is 47.0 cm³/mol. The lowest BCUT2D eigenvalue weighted by molar-refractivity contribution is -0.138. The van der Waals surface area contributed by atoms with Crippen molar-refractivity contribution in [2.24, 2.45) is 5.73 Å². The van der Waals surface area contributed by atoms with Crippen LogP contribution in [0.4, 0.5) is 0 Å². The number of carboxylic acids is 1. The van der Waals surface area contributed by atoms with Gasteiger partial charge < -0.3 is 16.2 Å². The minimum atomic E-state index is -1.07. The fourth-order valence-electron chi connectivity index (χ4n) is 0.549. The smallest absolute Gasteiger partial charge is 0.322 e. The molecule has 0 bridgehead atoms. The van der Waals surface area contributed by atoms with Crippen LogP contribution in [0.3, 0.4) is 0 Å². The van der Waals surface area contributed by atoms with Crippen LogP contribution < -0.4 is 11.1 Å². The molecule has 0 aliphatic rings. The van der Waals surface area contributed by atoms with Gasteiger partial charge in [-0.15, -0.1) is 0 Å². The molecule has 0 fully saturated rings. The fourth-order valence-corrected chi connectivity index (χ4v) is 1.06. The third kappa shape index (κ3) is 4.97. The highest BCUT2D eigenvalue weighted by Crippen LogP contribution is 1.93. The molecule has 0 aromatic heterocycles. The molecule has 5 nitrogen and oxygen atoms in total. The first-order chi connectivity index (χ1) is 5.57. The second-order valence-electron chi connectivity index (χ2n) is 2.17. The van der Waals surface area contributed by atoms with Crippen LogP contribution in [0.1, 0.15) is 0 Å². The Kier molecular flexibility index (Phi) is 5.48. The van der Waals surface area contributed by atoms with Crippen molar-refractivity contribution in [3.63, 3.8) is 0 Å². The minimum absolute atomic E-state index is 0.374. The molecule has 0 saturated carbocycles. The molecule has 6 heteroatoms. The number of hydrogen-bond donors (Lipinski definition) is 3. The van der Waals surface area contributed by atoms with Crippen LogP contribution in [0, 0.1) is 0 Å². The Bertz CT molecular complexity index is 174. The summed E-state index contributed by atoms with van der Waals surface area (Å²) < 4.78 is 0. The van der Waals surface area contributed by atoms with Crippen LogP contribution in [0.15, 0.2) is 0 Å². The maximum absolute atomic E-state index is 10.9. The summed E-state index contributed by atoms with van der Waals surface area (Å²) in [5, 5.41) is 10.4. The topological polar surface area (TPSA) is 92.4 Å². The molecular formula is C6H12N2O3S. The van der Waals surface area contributed by atoms with Crippen molar-refractivity contribution >= 4 is 23.6 Å². The molecule has 1 unspecified atom stereocenters. The van der Waals surface area contributed by atoms with Gasteiger partial charge in [0.2, 0.25) is 5.91 Å². The Balaban J connectivity index is 3.64. The number of thioether (sulfide) groups is 1. The fraction of sp³-hybridized carbons (Fsp3) is 0.667. The summed E-state index contributed by atoms with van der Waals surface area (Å²) in [7, 11) is 0. The number of nitrogens with two attached hydrogens (primary N) is 1. The monoisotopic (exact) mass is 192 g/mol. The quantitative estimate of drug-likeness (QED) is 0.513. The van der Waals surface area contributed by atoms with E-state index in [1.807, 2.05) is 6.26 Å². The summed E-state index contributed by atoms with van der Waals surface area (Å²) in [5.74, 6) is -1.00. The van der Waals surface area contributed by atoms with Gasteiger partial charge >= 0.3 is 5.97 Å². The molecule has 0 aliphatic carbocycles. The molecule has 1 atom stereocenters. The molecule has 0 heterocycles. The van der Waals surface area contributed by atoms with Gasteiger partial charge in [0.1, 0.15) is 6.54 Å². The molecule has 0 rings (SSSR count). The molecular weight excluding hydrogens is 180 g/mol. The van der Waals surface area contributed by atoms with Crippen molar-refractivity contribution in [1.29, 1.82) is 0 Å². The highest BCUT2D eigenvalue weighted by Gasteiger charge is 2.12. The number of hydrogen-bond acceptors (Lipinski definition) is 4. The van der Waals surface area contributed by atoms with Crippen molar-refractivity contribution in [3.05, 3.63) is 0 Å². The van der Waals surface area contributed by atoms with Crippen molar-refractivity contribution < 1.29 is 14.7 Å². The van der Waals surface area contributed by atoms with Gasteiger partial charge in [-0.25, -0.2) is 0 Å². The first-order valence-corrected chi connectivity index (χ1v) is 4.71. The van der Waals surface area contributed by atoms with E-state index in [1.54, 1.807) is 0 Å². The lowest BCUT2D eigenvalue weighted by Crippen LogP contribution is -2.43. The van der Waals surface area contributed by atoms with Crippen LogP contribution in [-0.4, -0.2) is 41.6 Å². The predicted octanol–water partition coefficient (Wildman–Crippen LogP) is -1.12. The number of aliphatic carboxylic acids is 1. The number of carbonyl (C=O) groups excluding carboxylic acids is 1. The molecule has 1 amide bonds. The molecule has 0 aromatic rings. The van der Waals surface area contributed by atoms with Crippen molar-refractivity contribution in [1.82, 2.24) is 5.32 Å². The average molecular weight is 192 g/mol. The molecule has 0 radical (unpaired) electrons. The van der Waals surface area contributed by atoms with E-state index in [2.05, 4.69) is 5.32 Å². The zero-order valence-corrected chi connectivity index (χ0v) is 7.56. The molecule has 0 aliphatic heterocycles. The highest BCUT2D eigenvalue weighted by atomic mass is 32.2. The van der Waals surface area contributed by atoms with Gasteiger partial charge in [-0.1, -0.05) is 0 Å². The first kappa shape index (κ1) is 11.2. The molecule has 0 saturated heterocycles. The lowest BCUT2D eigenvalue weighted by atomic mass is 10.3. The van der Waals surface area contributed by atoms with Crippen LogP contribution in [0.2, 0.25) is 0 Å². The lowest BCUT2D eigenvalue weighted by Gasteiger charge is -2.08. The van der Waals surface area contributed by atoms with E-state index in [1.165, 1.54) is 11.8 Å². The van der Waals surface area contributed by atoms with Crippen LogP contribution in [0.25, 0.3) is 0 Å². The third-order valence-electron chi connectivity index (χ3n) is 1.10. The maximum atomic E-state index is 10.9. The number of rotatable bonds is 5. The number of amides is 1. The van der Waals surface area contributed by atoms with Gasteiger partial charge in [0.15, 0.2) is 0 Å². The van der Waals surface area contributed by atoms with Gasteiger partial charge in [-0.3, -0.25) is 9.59 Å². The van der Waals surface area contributed by atoms with Crippen molar-refractivity contribution in [2.75, 3.05) is 18.6 Å². The Hall–Kier alpha value is -0.750. The van der Waals surface area contributed by atoms with E-state index in [9.17, 15) is 9.59 Å². The normalized spacial score (nSPS) is 12.2. The van der Waals surface area contributed by atoms with E-state index in [-0.39, 0.29) is 6.54 Å². The second-order valence-corrected chi connectivity index (χ2v) is 3.08. The second kappa shape index (κ2) is 5.84. The third-order valence-corrected chi connectivity index (χ3v) is 1.79. The summed E-state index contributed by atoms with van der Waals surface area (Å²) in [6.45, 7) is -0.374. The van der Waals surface area contributed by atoms with Gasteiger partial charge in [-0.05, 0) is 6.26 Å². The molecule has 0 aromatic carbocycles. The van der Waals surface area contributed by atoms with Gasteiger partial charge in [0.05, 0.1) is 6.04 Å². The average Bonchev–Trinajstić information content (AvgIpc) is 2.00. The minimum Gasteiger partial charge on any atom is -0.480 e. The molecule has 12 heavy (non-hydrogen) atoms. The summed E-state index contributed by atoms with van der Waals surface area (Å²) >= 11 is 1.44. The number of nitrogens with one attached hydrogen (secondary N) is 1.